The number of nitrogens with one attached hydrogen (secondary N) is 1. The van der Waals surface area contributed by atoms with Gasteiger partial charge >= 0.3 is 0 Å². The summed E-state index contributed by atoms with van der Waals surface area (Å²) in [6, 6.07) is 4.86. The molecule has 0 aliphatic heterocycles. The number of rotatable bonds is 10. The van der Waals surface area contributed by atoms with Crippen molar-refractivity contribution >= 4 is 0 Å². The van der Waals surface area contributed by atoms with Crippen LogP contribution in [0.3, 0.4) is 0 Å². The van der Waals surface area contributed by atoms with Gasteiger partial charge in [0, 0.05) is 17.4 Å². The summed E-state index contributed by atoms with van der Waals surface area (Å²) in [6.07, 6.45) is 9.40. The normalized spacial score (nSPS) is 12.6. The van der Waals surface area contributed by atoms with E-state index in [2.05, 4.69) is 50.1 Å². The molecule has 0 saturated heterocycles. The molecule has 0 spiro atoms. The first-order valence-electron chi connectivity index (χ1n) is 8.36. The highest BCUT2D eigenvalue weighted by atomic mass is 14.9. The van der Waals surface area contributed by atoms with Crippen LogP contribution >= 0.6 is 0 Å². The summed E-state index contributed by atoms with van der Waals surface area (Å²) >= 11 is 0. The van der Waals surface area contributed by atoms with E-state index in [0.717, 1.165) is 12.2 Å². The van der Waals surface area contributed by atoms with Crippen LogP contribution in [0.15, 0.2) is 12.1 Å². The largest absolute Gasteiger partial charge is 0.310 e. The molecule has 0 fully saturated rings. The van der Waals surface area contributed by atoms with Crippen LogP contribution in [0.4, 0.5) is 0 Å². The second-order valence-electron chi connectivity index (χ2n) is 5.79. The minimum absolute atomic E-state index is 0.472. The Balaban J connectivity index is 2.47. The van der Waals surface area contributed by atoms with Gasteiger partial charge in [-0.15, -0.1) is 0 Å². The number of hydrogen-bond donors (Lipinski definition) is 1. The van der Waals surface area contributed by atoms with Gasteiger partial charge in [0.05, 0.1) is 0 Å². The summed E-state index contributed by atoms with van der Waals surface area (Å²) in [5.74, 6) is 0. The standard InChI is InChI=1S/C18H32N2/c1-5-7-8-9-10-11-12-18(19-6-2)17-14-13-15(3)20-16(17)4/h13-14,18-19H,5-12H2,1-4H3. The second-order valence-corrected chi connectivity index (χ2v) is 5.79. The minimum atomic E-state index is 0.472. The van der Waals surface area contributed by atoms with Crippen LogP contribution in [-0.4, -0.2) is 11.5 Å². The first kappa shape index (κ1) is 17.2. The van der Waals surface area contributed by atoms with Gasteiger partial charge < -0.3 is 5.32 Å². The first-order chi connectivity index (χ1) is 9.69. The number of nitrogens with zero attached hydrogens (tertiary/aromatic N) is 1. The molecule has 2 heteroatoms. The van der Waals surface area contributed by atoms with Crippen LogP contribution in [0.5, 0.6) is 0 Å². The van der Waals surface area contributed by atoms with Gasteiger partial charge in [0.25, 0.3) is 0 Å². The van der Waals surface area contributed by atoms with Crippen LogP contribution in [0.2, 0.25) is 0 Å². The molecule has 1 unspecified atom stereocenters. The quantitative estimate of drug-likeness (QED) is 0.601. The fourth-order valence-electron chi connectivity index (χ4n) is 2.81. The molecule has 20 heavy (non-hydrogen) atoms. The predicted octanol–water partition coefficient (Wildman–Crippen LogP) is 5.10. The summed E-state index contributed by atoms with van der Waals surface area (Å²) in [4.78, 5) is 4.61. The maximum absolute atomic E-state index is 4.61. The molecule has 1 aromatic rings. The minimum Gasteiger partial charge on any atom is -0.310 e. The lowest BCUT2D eigenvalue weighted by atomic mass is 9.98. The van der Waals surface area contributed by atoms with Gasteiger partial charge in [0.15, 0.2) is 0 Å². The molecule has 1 N–H and O–H groups in total. The third kappa shape index (κ3) is 6.04. The summed E-state index contributed by atoms with van der Waals surface area (Å²) in [6.45, 7) is 9.67. The molecule has 0 aliphatic carbocycles. The molecular weight excluding hydrogens is 244 g/mol. The van der Waals surface area contributed by atoms with E-state index in [1.165, 1.54) is 56.2 Å². The van der Waals surface area contributed by atoms with Crippen molar-refractivity contribution in [3.8, 4) is 0 Å². The molecule has 1 heterocycles. The van der Waals surface area contributed by atoms with Gasteiger partial charge in [-0.3, -0.25) is 4.98 Å². The summed E-state index contributed by atoms with van der Waals surface area (Å²) in [5.41, 5.74) is 3.68. The molecule has 0 radical (unpaired) electrons. The molecule has 0 amide bonds. The van der Waals surface area contributed by atoms with Gasteiger partial charge in [-0.1, -0.05) is 58.4 Å². The molecule has 1 rings (SSSR count). The average Bonchev–Trinajstić information content (AvgIpc) is 2.42. The predicted molar refractivity (Wildman–Crippen MR) is 88.1 cm³/mol. The second kappa shape index (κ2) is 9.93. The Labute approximate surface area is 125 Å². The van der Waals surface area contributed by atoms with Crippen molar-refractivity contribution in [3.63, 3.8) is 0 Å². The van der Waals surface area contributed by atoms with E-state index in [-0.39, 0.29) is 0 Å². The zero-order chi connectivity index (χ0) is 14.8. The molecule has 2 nitrogen and oxygen atoms in total. The molecule has 0 aliphatic rings. The maximum Gasteiger partial charge on any atom is 0.0423 e. The molecule has 114 valence electrons. The molecule has 0 aromatic carbocycles. The van der Waals surface area contributed by atoms with Gasteiger partial charge in [-0.05, 0) is 38.4 Å². The van der Waals surface area contributed by atoms with Crippen LogP contribution in [0.1, 0.15) is 81.8 Å². The highest BCUT2D eigenvalue weighted by molar-refractivity contribution is 5.25. The number of pyridine rings is 1. The summed E-state index contributed by atoms with van der Waals surface area (Å²) in [7, 11) is 0. The first-order valence-corrected chi connectivity index (χ1v) is 8.36. The van der Waals surface area contributed by atoms with Crippen LogP contribution < -0.4 is 5.32 Å². The smallest absolute Gasteiger partial charge is 0.0423 e. The zero-order valence-corrected chi connectivity index (χ0v) is 13.8. The fourth-order valence-corrected chi connectivity index (χ4v) is 2.81. The lowest BCUT2D eigenvalue weighted by Gasteiger charge is -2.20. The Hall–Kier alpha value is -0.890. The van der Waals surface area contributed by atoms with E-state index in [0.29, 0.717) is 6.04 Å². The monoisotopic (exact) mass is 276 g/mol. The SMILES string of the molecule is CCCCCCCCC(NCC)c1ccc(C)nc1C. The average molecular weight is 276 g/mol. The van der Waals surface area contributed by atoms with Crippen molar-refractivity contribution < 1.29 is 0 Å². The molecule has 1 atom stereocenters. The molecule has 1 aromatic heterocycles. The summed E-state index contributed by atoms with van der Waals surface area (Å²) in [5, 5.41) is 3.62. The van der Waals surface area contributed by atoms with Crippen molar-refractivity contribution in [1.29, 1.82) is 0 Å². The molecule has 0 saturated carbocycles. The lowest BCUT2D eigenvalue weighted by molar-refractivity contribution is 0.474. The number of unbranched alkanes of at least 4 members (excludes halogenated alkanes) is 5. The van der Waals surface area contributed by atoms with Gasteiger partial charge in [-0.2, -0.15) is 0 Å². The molecule has 0 bridgehead atoms. The van der Waals surface area contributed by atoms with Gasteiger partial charge in [0.1, 0.15) is 0 Å². The maximum atomic E-state index is 4.61. The van der Waals surface area contributed by atoms with Crippen LogP contribution in [0, 0.1) is 13.8 Å². The Morgan fingerprint density at radius 2 is 1.70 bits per heavy atom. The van der Waals surface area contributed by atoms with Crippen molar-refractivity contribution in [2.24, 2.45) is 0 Å². The van der Waals surface area contributed by atoms with Crippen molar-refractivity contribution in [3.05, 3.63) is 29.1 Å². The van der Waals surface area contributed by atoms with E-state index in [1.807, 2.05) is 0 Å². The van der Waals surface area contributed by atoms with E-state index >= 15 is 0 Å². The Bertz CT molecular complexity index is 374. The zero-order valence-electron chi connectivity index (χ0n) is 13.8. The van der Waals surface area contributed by atoms with Gasteiger partial charge in [0.2, 0.25) is 0 Å². The Morgan fingerprint density at radius 3 is 2.35 bits per heavy atom. The van der Waals surface area contributed by atoms with E-state index < -0.39 is 0 Å². The fraction of sp³-hybridized carbons (Fsp3) is 0.722. The topological polar surface area (TPSA) is 24.9 Å². The number of aryl methyl sites for hydroxylation is 2. The highest BCUT2D eigenvalue weighted by Crippen LogP contribution is 2.23. The van der Waals surface area contributed by atoms with Gasteiger partial charge in [-0.25, -0.2) is 0 Å². The third-order valence-electron chi connectivity index (χ3n) is 3.94. The Kier molecular flexibility index (Phi) is 8.52. The highest BCUT2D eigenvalue weighted by Gasteiger charge is 2.13. The number of hydrogen-bond acceptors (Lipinski definition) is 2. The van der Waals surface area contributed by atoms with Crippen LogP contribution in [-0.2, 0) is 0 Å². The van der Waals surface area contributed by atoms with E-state index in [4.69, 9.17) is 0 Å². The third-order valence-corrected chi connectivity index (χ3v) is 3.94. The summed E-state index contributed by atoms with van der Waals surface area (Å²) < 4.78 is 0. The van der Waals surface area contributed by atoms with Crippen molar-refractivity contribution in [2.75, 3.05) is 6.54 Å². The van der Waals surface area contributed by atoms with Crippen molar-refractivity contribution in [1.82, 2.24) is 10.3 Å². The van der Waals surface area contributed by atoms with Crippen LogP contribution in [0.25, 0.3) is 0 Å². The Morgan fingerprint density at radius 1 is 1.00 bits per heavy atom. The van der Waals surface area contributed by atoms with E-state index in [1.54, 1.807) is 0 Å². The lowest BCUT2D eigenvalue weighted by Crippen LogP contribution is -2.22. The van der Waals surface area contributed by atoms with Crippen molar-refractivity contribution in [2.45, 2.75) is 78.7 Å². The number of aromatic nitrogens is 1. The molecular formula is C18H32N2. The van der Waals surface area contributed by atoms with E-state index in [9.17, 15) is 0 Å².